The Kier molecular flexibility index (Phi) is 17.1. The van der Waals surface area contributed by atoms with Gasteiger partial charge in [-0.25, -0.2) is 0 Å². The van der Waals surface area contributed by atoms with Crippen molar-refractivity contribution in [3.63, 3.8) is 0 Å². The first-order valence-electron chi connectivity index (χ1n) is 7.80. The second-order valence-corrected chi connectivity index (χ2v) is 5.22. The van der Waals surface area contributed by atoms with Gasteiger partial charge in [0, 0.05) is 32.7 Å². The van der Waals surface area contributed by atoms with Crippen LogP contribution in [0.4, 0.5) is 0 Å². The van der Waals surface area contributed by atoms with Crippen LogP contribution in [0.3, 0.4) is 0 Å². The molecule has 0 aliphatic rings. The molecule has 1 unspecified atom stereocenters. The molecular weight excluding hydrogens is 363 g/mol. The molecule has 0 amide bonds. The van der Waals surface area contributed by atoms with Gasteiger partial charge in [-0.15, -0.1) is 24.0 Å². The molecule has 0 aliphatic heterocycles. The summed E-state index contributed by atoms with van der Waals surface area (Å²) < 4.78 is 0. The van der Waals surface area contributed by atoms with Crippen LogP contribution in [-0.2, 0) is 0 Å². The lowest BCUT2D eigenvalue weighted by Crippen LogP contribution is -2.42. The van der Waals surface area contributed by atoms with Crippen molar-refractivity contribution in [3.8, 4) is 0 Å². The van der Waals surface area contributed by atoms with E-state index in [1.807, 2.05) is 7.05 Å². The molecule has 0 saturated heterocycles. The van der Waals surface area contributed by atoms with E-state index in [0.29, 0.717) is 6.04 Å². The molecule has 0 radical (unpaired) electrons. The van der Waals surface area contributed by atoms with Crippen molar-refractivity contribution in [2.45, 2.75) is 58.9 Å². The molecule has 20 heavy (non-hydrogen) atoms. The van der Waals surface area contributed by atoms with Gasteiger partial charge in [0.15, 0.2) is 5.96 Å². The minimum absolute atomic E-state index is 0. The number of hydrogen-bond donors (Lipinski definition) is 2. The summed E-state index contributed by atoms with van der Waals surface area (Å²) >= 11 is 0. The summed E-state index contributed by atoms with van der Waals surface area (Å²) in [6, 6.07) is 0.644. The molecule has 0 fully saturated rings. The molecule has 0 aromatic carbocycles. The van der Waals surface area contributed by atoms with Crippen molar-refractivity contribution in [1.29, 1.82) is 0 Å². The van der Waals surface area contributed by atoms with Gasteiger partial charge in [0.25, 0.3) is 0 Å². The smallest absolute Gasteiger partial charge is 0.191 e. The van der Waals surface area contributed by atoms with E-state index in [-0.39, 0.29) is 24.0 Å². The van der Waals surface area contributed by atoms with Gasteiger partial charge < -0.3 is 15.5 Å². The molecule has 5 heteroatoms. The fraction of sp³-hybridized carbons (Fsp3) is 0.933. The largest absolute Gasteiger partial charge is 0.356 e. The van der Waals surface area contributed by atoms with Gasteiger partial charge in [-0.3, -0.25) is 4.99 Å². The topological polar surface area (TPSA) is 39.7 Å². The Labute approximate surface area is 143 Å². The van der Waals surface area contributed by atoms with Crippen molar-refractivity contribution in [2.75, 3.05) is 33.7 Å². The molecule has 0 spiro atoms. The molecule has 0 saturated carbocycles. The molecule has 122 valence electrons. The first-order chi connectivity index (χ1) is 9.15. The number of aliphatic imine (C=N–C) groups is 1. The minimum atomic E-state index is 0. The zero-order valence-electron chi connectivity index (χ0n) is 14.0. The zero-order valence-corrected chi connectivity index (χ0v) is 16.4. The van der Waals surface area contributed by atoms with E-state index in [1.165, 1.54) is 32.1 Å². The highest BCUT2D eigenvalue weighted by Gasteiger charge is 2.05. The number of guanidine groups is 1. The number of halogens is 1. The highest BCUT2D eigenvalue weighted by molar-refractivity contribution is 14.0. The van der Waals surface area contributed by atoms with Crippen molar-refractivity contribution in [2.24, 2.45) is 4.99 Å². The van der Waals surface area contributed by atoms with Crippen LogP contribution in [0, 0.1) is 0 Å². The normalized spacial score (nSPS) is 13.0. The minimum Gasteiger partial charge on any atom is -0.356 e. The van der Waals surface area contributed by atoms with Gasteiger partial charge in [-0.2, -0.15) is 0 Å². The van der Waals surface area contributed by atoms with E-state index in [4.69, 9.17) is 0 Å². The molecular formula is C15H35IN4. The first kappa shape index (κ1) is 22.2. The summed E-state index contributed by atoms with van der Waals surface area (Å²) in [5.74, 6) is 0.925. The Hall–Kier alpha value is -0.0400. The first-order valence-corrected chi connectivity index (χ1v) is 7.80. The van der Waals surface area contributed by atoms with Gasteiger partial charge in [-0.05, 0) is 26.8 Å². The van der Waals surface area contributed by atoms with E-state index in [9.17, 15) is 0 Å². The predicted octanol–water partition coefficient (Wildman–Crippen LogP) is 3.08. The number of nitrogens with one attached hydrogen (secondary N) is 2. The maximum Gasteiger partial charge on any atom is 0.191 e. The highest BCUT2D eigenvalue weighted by Crippen LogP contribution is 1.98. The fourth-order valence-corrected chi connectivity index (χ4v) is 1.86. The summed E-state index contributed by atoms with van der Waals surface area (Å²) in [5.41, 5.74) is 0. The lowest BCUT2D eigenvalue weighted by Gasteiger charge is -2.23. The lowest BCUT2D eigenvalue weighted by atomic mass is 10.2. The third kappa shape index (κ3) is 11.8. The lowest BCUT2D eigenvalue weighted by molar-refractivity contribution is 0.255. The standard InChI is InChI=1S/C15H34N4.HI/c1-6-8-9-10-11-17-15(16-4)18-12-13-19(5)14(3)7-2;/h14H,6-13H2,1-5H3,(H2,16,17,18);1H. The van der Waals surface area contributed by atoms with Gasteiger partial charge in [-0.1, -0.05) is 33.1 Å². The highest BCUT2D eigenvalue weighted by atomic mass is 127. The molecule has 2 N–H and O–H groups in total. The second kappa shape index (κ2) is 15.4. The van der Waals surface area contributed by atoms with Crippen LogP contribution >= 0.6 is 24.0 Å². The Morgan fingerprint density at radius 1 is 1.10 bits per heavy atom. The van der Waals surface area contributed by atoms with Gasteiger partial charge in [0.05, 0.1) is 0 Å². The summed E-state index contributed by atoms with van der Waals surface area (Å²) in [6.07, 6.45) is 6.34. The van der Waals surface area contributed by atoms with Crippen molar-refractivity contribution < 1.29 is 0 Å². The monoisotopic (exact) mass is 398 g/mol. The van der Waals surface area contributed by atoms with Crippen LogP contribution in [0.15, 0.2) is 4.99 Å². The SMILES string of the molecule is CCCCCCNC(=NC)NCCN(C)C(C)CC.I. The number of likely N-dealkylation sites (N-methyl/N-ethyl adjacent to an activating group) is 1. The van der Waals surface area contributed by atoms with E-state index in [1.54, 1.807) is 0 Å². The average molecular weight is 398 g/mol. The van der Waals surface area contributed by atoms with Crippen LogP contribution in [0.2, 0.25) is 0 Å². The number of unbranched alkanes of at least 4 members (excludes halogenated alkanes) is 3. The third-order valence-corrected chi connectivity index (χ3v) is 3.65. The molecule has 4 nitrogen and oxygen atoms in total. The summed E-state index contributed by atoms with van der Waals surface area (Å²) in [4.78, 5) is 6.62. The molecule has 0 aromatic heterocycles. The number of nitrogens with zero attached hydrogens (tertiary/aromatic N) is 2. The number of hydrogen-bond acceptors (Lipinski definition) is 2. The van der Waals surface area contributed by atoms with Crippen LogP contribution in [0.1, 0.15) is 52.9 Å². The molecule has 1 atom stereocenters. The maximum absolute atomic E-state index is 4.24. The van der Waals surface area contributed by atoms with Crippen molar-refractivity contribution in [3.05, 3.63) is 0 Å². The second-order valence-electron chi connectivity index (χ2n) is 5.22. The van der Waals surface area contributed by atoms with Crippen LogP contribution < -0.4 is 10.6 Å². The van der Waals surface area contributed by atoms with Gasteiger partial charge >= 0.3 is 0 Å². The van der Waals surface area contributed by atoms with Gasteiger partial charge in [0.1, 0.15) is 0 Å². The molecule has 0 bridgehead atoms. The summed E-state index contributed by atoms with van der Waals surface area (Å²) in [5, 5.41) is 6.73. The van der Waals surface area contributed by atoms with Crippen LogP contribution in [0.25, 0.3) is 0 Å². The van der Waals surface area contributed by atoms with Gasteiger partial charge in [0.2, 0.25) is 0 Å². The number of rotatable bonds is 10. The summed E-state index contributed by atoms with van der Waals surface area (Å²) in [6.45, 7) is 9.73. The Morgan fingerprint density at radius 2 is 1.75 bits per heavy atom. The summed E-state index contributed by atoms with van der Waals surface area (Å²) in [7, 11) is 4.01. The zero-order chi connectivity index (χ0) is 14.5. The predicted molar refractivity (Wildman–Crippen MR) is 101 cm³/mol. The van der Waals surface area contributed by atoms with E-state index in [2.05, 4.69) is 48.3 Å². The van der Waals surface area contributed by atoms with E-state index >= 15 is 0 Å². The Balaban J connectivity index is 0. The molecule has 0 rings (SSSR count). The average Bonchev–Trinajstić information content (AvgIpc) is 2.43. The Morgan fingerprint density at radius 3 is 2.30 bits per heavy atom. The maximum atomic E-state index is 4.24. The van der Waals surface area contributed by atoms with E-state index < -0.39 is 0 Å². The van der Waals surface area contributed by atoms with Crippen LogP contribution in [0.5, 0.6) is 0 Å². The molecule has 0 heterocycles. The third-order valence-electron chi connectivity index (χ3n) is 3.65. The molecule has 0 aromatic rings. The van der Waals surface area contributed by atoms with Crippen LogP contribution in [-0.4, -0.2) is 50.6 Å². The van der Waals surface area contributed by atoms with Crippen molar-refractivity contribution >= 4 is 29.9 Å². The van der Waals surface area contributed by atoms with E-state index in [0.717, 1.165) is 25.6 Å². The van der Waals surface area contributed by atoms with Crippen molar-refractivity contribution in [1.82, 2.24) is 15.5 Å². The fourth-order valence-electron chi connectivity index (χ4n) is 1.86. The molecule has 0 aliphatic carbocycles. The quantitative estimate of drug-likeness (QED) is 0.257. The Bertz CT molecular complexity index is 234.